The Hall–Kier alpha value is -1.69. The fourth-order valence-electron chi connectivity index (χ4n) is 3.96. The molecule has 0 aliphatic carbocycles. The van der Waals surface area contributed by atoms with Gasteiger partial charge in [-0.05, 0) is 86.3 Å². The van der Waals surface area contributed by atoms with Crippen molar-refractivity contribution in [1.29, 1.82) is 0 Å². The van der Waals surface area contributed by atoms with E-state index in [-0.39, 0.29) is 5.78 Å². The van der Waals surface area contributed by atoms with Gasteiger partial charge in [-0.25, -0.2) is 0 Å². The molecule has 0 bridgehead atoms. The van der Waals surface area contributed by atoms with Gasteiger partial charge in [0.1, 0.15) is 0 Å². The van der Waals surface area contributed by atoms with E-state index in [4.69, 9.17) is 5.73 Å². The molecule has 1 fully saturated rings. The third-order valence-corrected chi connectivity index (χ3v) is 6.42. The van der Waals surface area contributed by atoms with E-state index >= 15 is 0 Å². The molecule has 0 amide bonds. The number of carbonyl (C=O) groups excluding carboxylic acids is 1. The number of nitrogens with two attached hydrogens (primary N) is 1. The molecule has 1 aromatic heterocycles. The number of rotatable bonds is 8. The maximum atomic E-state index is 11.6. The SMILES string of the molecule is CC(=O)c1ccc(N(Cc2ccsc2)C2CCN(C(C)CCN)CC2)cc1. The summed E-state index contributed by atoms with van der Waals surface area (Å²) in [6.07, 6.45) is 3.39. The summed E-state index contributed by atoms with van der Waals surface area (Å²) in [7, 11) is 0. The van der Waals surface area contributed by atoms with Crippen LogP contribution in [0.15, 0.2) is 41.1 Å². The molecule has 1 aliphatic heterocycles. The van der Waals surface area contributed by atoms with Gasteiger partial charge in [0.15, 0.2) is 5.78 Å². The summed E-state index contributed by atoms with van der Waals surface area (Å²) in [6.45, 7) is 7.84. The molecule has 4 nitrogen and oxygen atoms in total. The number of thiophene rings is 1. The van der Waals surface area contributed by atoms with Gasteiger partial charge >= 0.3 is 0 Å². The van der Waals surface area contributed by atoms with E-state index in [1.807, 2.05) is 12.1 Å². The number of carbonyl (C=O) groups is 1. The van der Waals surface area contributed by atoms with Gasteiger partial charge < -0.3 is 15.5 Å². The van der Waals surface area contributed by atoms with Crippen LogP contribution in [0, 0.1) is 0 Å². The van der Waals surface area contributed by atoms with E-state index in [9.17, 15) is 4.79 Å². The Kier molecular flexibility index (Phi) is 7.05. The second-order valence-electron chi connectivity index (χ2n) is 7.56. The Morgan fingerprint density at radius 1 is 1.26 bits per heavy atom. The Bertz CT molecular complexity index is 706. The molecule has 3 rings (SSSR count). The quantitative estimate of drug-likeness (QED) is 0.693. The number of ketones is 1. The van der Waals surface area contributed by atoms with Gasteiger partial charge in [-0.3, -0.25) is 4.79 Å². The normalized spacial score (nSPS) is 17.0. The molecule has 2 N–H and O–H groups in total. The fourth-order valence-corrected chi connectivity index (χ4v) is 4.62. The highest BCUT2D eigenvalue weighted by Gasteiger charge is 2.27. The molecule has 5 heteroatoms. The molecule has 1 aromatic carbocycles. The molecular formula is C22H31N3OS. The van der Waals surface area contributed by atoms with E-state index in [0.29, 0.717) is 12.1 Å². The Balaban J connectivity index is 1.73. The van der Waals surface area contributed by atoms with Gasteiger partial charge in [0.2, 0.25) is 0 Å². The molecule has 1 unspecified atom stereocenters. The predicted octanol–water partition coefficient (Wildman–Crippen LogP) is 4.16. The van der Waals surface area contributed by atoms with Gasteiger partial charge in [0.25, 0.3) is 0 Å². The van der Waals surface area contributed by atoms with Crippen LogP contribution in [0.1, 0.15) is 49.0 Å². The van der Waals surface area contributed by atoms with Crippen molar-refractivity contribution in [3.8, 4) is 0 Å². The van der Waals surface area contributed by atoms with Crippen LogP contribution in [-0.2, 0) is 6.54 Å². The summed E-state index contributed by atoms with van der Waals surface area (Å²) in [4.78, 5) is 16.7. The van der Waals surface area contributed by atoms with E-state index < -0.39 is 0 Å². The molecule has 0 saturated carbocycles. The zero-order chi connectivity index (χ0) is 19.2. The third kappa shape index (κ3) is 5.18. The second-order valence-corrected chi connectivity index (χ2v) is 8.34. The summed E-state index contributed by atoms with van der Waals surface area (Å²) < 4.78 is 0. The fraction of sp³-hybridized carbons (Fsp3) is 0.500. The van der Waals surface area contributed by atoms with Gasteiger partial charge in [-0.1, -0.05) is 0 Å². The monoisotopic (exact) mass is 385 g/mol. The van der Waals surface area contributed by atoms with E-state index in [0.717, 1.165) is 51.0 Å². The molecule has 146 valence electrons. The minimum Gasteiger partial charge on any atom is -0.364 e. The van der Waals surface area contributed by atoms with Crippen molar-refractivity contribution in [2.75, 3.05) is 24.5 Å². The molecule has 1 atom stereocenters. The molecule has 27 heavy (non-hydrogen) atoms. The van der Waals surface area contributed by atoms with Crippen LogP contribution in [0.2, 0.25) is 0 Å². The summed E-state index contributed by atoms with van der Waals surface area (Å²) in [5, 5.41) is 4.37. The molecule has 0 radical (unpaired) electrons. The highest BCUT2D eigenvalue weighted by Crippen LogP contribution is 2.28. The maximum absolute atomic E-state index is 11.6. The standard InChI is InChI=1S/C22H31N3OS/c1-17(7-11-23)24-12-8-22(9-13-24)25(15-19-10-14-27-16-19)21-5-3-20(4-6-21)18(2)26/h3-6,10,14,16-17,22H,7-9,11-13,15,23H2,1-2H3. The zero-order valence-electron chi connectivity index (χ0n) is 16.4. The number of benzene rings is 1. The van der Waals surface area contributed by atoms with Crippen molar-refractivity contribution in [2.45, 2.75) is 51.7 Å². The van der Waals surface area contributed by atoms with Crippen LogP contribution in [0.5, 0.6) is 0 Å². The van der Waals surface area contributed by atoms with Gasteiger partial charge in [-0.15, -0.1) is 0 Å². The van der Waals surface area contributed by atoms with Crippen molar-refractivity contribution in [2.24, 2.45) is 5.73 Å². The lowest BCUT2D eigenvalue weighted by Crippen LogP contribution is -2.47. The highest BCUT2D eigenvalue weighted by atomic mass is 32.1. The maximum Gasteiger partial charge on any atom is 0.159 e. The lowest BCUT2D eigenvalue weighted by molar-refractivity contribution is 0.101. The number of Topliss-reactive ketones (excluding diaryl/α,β-unsaturated/α-hetero) is 1. The first-order valence-corrected chi connectivity index (χ1v) is 10.9. The van der Waals surface area contributed by atoms with Gasteiger partial charge in [0, 0.05) is 43.0 Å². The molecule has 1 aliphatic rings. The van der Waals surface area contributed by atoms with Crippen LogP contribution < -0.4 is 10.6 Å². The number of piperidine rings is 1. The molecule has 0 spiro atoms. The van der Waals surface area contributed by atoms with Crippen LogP contribution in [0.3, 0.4) is 0 Å². The lowest BCUT2D eigenvalue weighted by Gasteiger charge is -2.41. The van der Waals surface area contributed by atoms with E-state index in [2.05, 4.69) is 45.7 Å². The van der Waals surface area contributed by atoms with Crippen molar-refractivity contribution in [3.05, 3.63) is 52.2 Å². The Labute approximate surface area is 167 Å². The van der Waals surface area contributed by atoms with E-state index in [1.54, 1.807) is 18.3 Å². The summed E-state index contributed by atoms with van der Waals surface area (Å²) >= 11 is 1.75. The smallest absolute Gasteiger partial charge is 0.159 e. The first-order chi connectivity index (χ1) is 13.1. The minimum atomic E-state index is 0.119. The zero-order valence-corrected chi connectivity index (χ0v) is 17.3. The number of likely N-dealkylation sites (tertiary alicyclic amines) is 1. The summed E-state index contributed by atoms with van der Waals surface area (Å²) in [5.74, 6) is 0.119. The topological polar surface area (TPSA) is 49.6 Å². The van der Waals surface area contributed by atoms with Crippen LogP contribution >= 0.6 is 11.3 Å². The molecule has 2 heterocycles. The number of hydrogen-bond donors (Lipinski definition) is 1. The second kappa shape index (κ2) is 9.49. The molecular weight excluding hydrogens is 354 g/mol. The van der Waals surface area contributed by atoms with Gasteiger partial charge in [0.05, 0.1) is 0 Å². The van der Waals surface area contributed by atoms with Crippen molar-refractivity contribution in [1.82, 2.24) is 4.90 Å². The lowest BCUT2D eigenvalue weighted by atomic mass is 9.99. The Morgan fingerprint density at radius 3 is 2.52 bits per heavy atom. The first kappa shape index (κ1) is 20.1. The highest BCUT2D eigenvalue weighted by molar-refractivity contribution is 7.07. The van der Waals surface area contributed by atoms with Crippen LogP contribution in [0.4, 0.5) is 5.69 Å². The van der Waals surface area contributed by atoms with E-state index in [1.165, 1.54) is 11.3 Å². The molecule has 2 aromatic rings. The van der Waals surface area contributed by atoms with Crippen molar-refractivity contribution < 1.29 is 4.79 Å². The van der Waals surface area contributed by atoms with Crippen molar-refractivity contribution >= 4 is 22.8 Å². The first-order valence-electron chi connectivity index (χ1n) is 9.91. The summed E-state index contributed by atoms with van der Waals surface area (Å²) in [5.41, 5.74) is 9.08. The number of hydrogen-bond acceptors (Lipinski definition) is 5. The van der Waals surface area contributed by atoms with Gasteiger partial charge in [-0.2, -0.15) is 11.3 Å². The largest absolute Gasteiger partial charge is 0.364 e. The summed E-state index contributed by atoms with van der Waals surface area (Å²) in [6, 6.07) is 11.4. The molecule has 1 saturated heterocycles. The number of anilines is 1. The third-order valence-electron chi connectivity index (χ3n) is 5.69. The average Bonchev–Trinajstić information content (AvgIpc) is 3.20. The predicted molar refractivity (Wildman–Crippen MR) is 115 cm³/mol. The minimum absolute atomic E-state index is 0.119. The Morgan fingerprint density at radius 2 is 1.96 bits per heavy atom. The number of nitrogens with zero attached hydrogens (tertiary/aromatic N) is 2. The van der Waals surface area contributed by atoms with Crippen LogP contribution in [0.25, 0.3) is 0 Å². The average molecular weight is 386 g/mol. The van der Waals surface area contributed by atoms with Crippen molar-refractivity contribution in [3.63, 3.8) is 0 Å². The van der Waals surface area contributed by atoms with Crippen LogP contribution in [-0.4, -0.2) is 42.4 Å².